The van der Waals surface area contributed by atoms with E-state index in [1.165, 1.54) is 0 Å². The second kappa shape index (κ2) is 11.5. The molecule has 0 spiro atoms. The Morgan fingerprint density at radius 1 is 1.02 bits per heavy atom. The first kappa shape index (κ1) is 27.4. The molecule has 0 unspecified atom stereocenters. The number of carbonyl (C=O) groups is 1. The second-order valence-corrected chi connectivity index (χ2v) is 10.6. The van der Waals surface area contributed by atoms with E-state index in [1.54, 1.807) is 24.2 Å². The maximum absolute atomic E-state index is 13.2. The molecule has 40 heavy (non-hydrogen) atoms. The number of benzene rings is 2. The molecule has 0 bridgehead atoms. The van der Waals surface area contributed by atoms with Gasteiger partial charge in [-0.15, -0.1) is 0 Å². The summed E-state index contributed by atoms with van der Waals surface area (Å²) in [7, 11) is 5.76. The molecule has 2 aromatic carbocycles. The second-order valence-electron chi connectivity index (χ2n) is 10.2. The number of carbonyl (C=O) groups excluding carboxylic acids is 1. The zero-order chi connectivity index (χ0) is 28.4. The predicted octanol–water partition coefficient (Wildman–Crippen LogP) is 5.10. The van der Waals surface area contributed by atoms with Crippen LogP contribution in [0.3, 0.4) is 0 Å². The van der Waals surface area contributed by atoms with Crippen LogP contribution in [0, 0.1) is 13.8 Å². The molecule has 0 radical (unpaired) electrons. The van der Waals surface area contributed by atoms with Gasteiger partial charge < -0.3 is 15.1 Å². The van der Waals surface area contributed by atoms with Crippen molar-refractivity contribution in [2.24, 2.45) is 0 Å². The Balaban J connectivity index is 1.46. The Bertz CT molecular complexity index is 1660. The molecule has 5 aromatic rings. The van der Waals surface area contributed by atoms with Gasteiger partial charge >= 0.3 is 0 Å². The fourth-order valence-corrected chi connectivity index (χ4v) is 4.83. The number of nitrogens with zero attached hydrogens (tertiary/aromatic N) is 7. The number of rotatable bonds is 9. The number of anilines is 1. The summed E-state index contributed by atoms with van der Waals surface area (Å²) in [6.07, 6.45) is 3.69. The summed E-state index contributed by atoms with van der Waals surface area (Å²) >= 11 is 6.50. The van der Waals surface area contributed by atoms with Crippen LogP contribution in [0.5, 0.6) is 0 Å². The van der Waals surface area contributed by atoms with Gasteiger partial charge in [0.05, 0.1) is 22.0 Å². The molecule has 3 aromatic heterocycles. The van der Waals surface area contributed by atoms with Gasteiger partial charge in [-0.25, -0.2) is 9.67 Å². The molecule has 3 heterocycles. The third kappa shape index (κ3) is 5.71. The summed E-state index contributed by atoms with van der Waals surface area (Å²) in [6, 6.07) is 17.7. The number of hydrogen-bond donors (Lipinski definition) is 1. The van der Waals surface area contributed by atoms with Crippen molar-refractivity contribution in [1.29, 1.82) is 0 Å². The van der Waals surface area contributed by atoms with Crippen LogP contribution in [0.2, 0.25) is 5.02 Å². The van der Waals surface area contributed by atoms with Gasteiger partial charge in [0.25, 0.3) is 5.91 Å². The lowest BCUT2D eigenvalue weighted by atomic mass is 10.0. The van der Waals surface area contributed by atoms with Crippen molar-refractivity contribution in [2.75, 3.05) is 39.5 Å². The van der Waals surface area contributed by atoms with Crippen molar-refractivity contribution in [2.45, 2.75) is 20.4 Å². The van der Waals surface area contributed by atoms with Gasteiger partial charge in [-0.2, -0.15) is 14.7 Å². The molecule has 0 saturated carbocycles. The van der Waals surface area contributed by atoms with Gasteiger partial charge in [0.2, 0.25) is 0 Å². The van der Waals surface area contributed by atoms with Crippen LogP contribution in [0.1, 0.15) is 27.3 Å². The molecule has 10 heteroatoms. The Morgan fingerprint density at radius 2 is 1.85 bits per heavy atom. The Morgan fingerprint density at radius 3 is 2.60 bits per heavy atom. The van der Waals surface area contributed by atoms with Crippen LogP contribution >= 0.6 is 11.6 Å². The number of amides is 1. The molecule has 0 saturated heterocycles. The van der Waals surface area contributed by atoms with Gasteiger partial charge in [-0.05, 0) is 69.4 Å². The minimum absolute atomic E-state index is 0.119. The summed E-state index contributed by atoms with van der Waals surface area (Å²) in [6.45, 7) is 5.88. The first-order valence-electron chi connectivity index (χ1n) is 13.1. The van der Waals surface area contributed by atoms with E-state index in [1.807, 2.05) is 84.6 Å². The molecule has 0 atom stereocenters. The molecule has 5 rings (SSSR count). The van der Waals surface area contributed by atoms with Crippen LogP contribution < -0.4 is 5.32 Å². The molecule has 0 aliphatic heterocycles. The van der Waals surface area contributed by atoms with Crippen molar-refractivity contribution in [3.05, 3.63) is 94.5 Å². The van der Waals surface area contributed by atoms with Crippen molar-refractivity contribution in [3.63, 3.8) is 0 Å². The monoisotopic (exact) mass is 556 g/mol. The van der Waals surface area contributed by atoms with Crippen molar-refractivity contribution in [3.8, 4) is 16.8 Å². The zero-order valence-corrected chi connectivity index (χ0v) is 24.1. The molecule has 0 aliphatic rings. The maximum atomic E-state index is 13.2. The van der Waals surface area contributed by atoms with Gasteiger partial charge in [-0.3, -0.25) is 4.79 Å². The average molecular weight is 557 g/mol. The topological polar surface area (TPSA) is 83.6 Å². The van der Waals surface area contributed by atoms with E-state index < -0.39 is 0 Å². The number of nitrogens with one attached hydrogen (secondary N) is 1. The highest BCUT2D eigenvalue weighted by molar-refractivity contribution is 6.34. The normalized spacial score (nSPS) is 11.4. The summed E-state index contributed by atoms with van der Waals surface area (Å²) < 4.78 is 3.67. The first-order valence-corrected chi connectivity index (χ1v) is 13.5. The van der Waals surface area contributed by atoms with Crippen LogP contribution in [-0.2, 0) is 6.54 Å². The van der Waals surface area contributed by atoms with Crippen molar-refractivity contribution < 1.29 is 4.79 Å². The number of hydrogen-bond acceptors (Lipinski definition) is 6. The molecule has 206 valence electrons. The van der Waals surface area contributed by atoms with Crippen LogP contribution in [0.25, 0.3) is 22.5 Å². The van der Waals surface area contributed by atoms with Gasteiger partial charge in [-0.1, -0.05) is 29.8 Å². The molecule has 1 N–H and O–H groups in total. The lowest BCUT2D eigenvalue weighted by molar-refractivity contribution is 0.0786. The largest absolute Gasteiger partial charge is 0.366 e. The third-order valence-corrected chi connectivity index (χ3v) is 7.09. The molecule has 0 fully saturated rings. The summed E-state index contributed by atoms with van der Waals surface area (Å²) in [5.74, 6) is 0.710. The number of aryl methyl sites for hydroxylation is 2. The highest BCUT2D eigenvalue weighted by Crippen LogP contribution is 2.32. The fraction of sp³-hybridized carbons (Fsp3) is 0.267. The minimum atomic E-state index is -0.119. The smallest absolute Gasteiger partial charge is 0.255 e. The van der Waals surface area contributed by atoms with E-state index in [4.69, 9.17) is 21.7 Å². The summed E-state index contributed by atoms with van der Waals surface area (Å²) in [5.41, 5.74) is 6.66. The van der Waals surface area contributed by atoms with Crippen molar-refractivity contribution in [1.82, 2.24) is 34.2 Å². The van der Waals surface area contributed by atoms with Crippen LogP contribution in [-0.4, -0.2) is 74.3 Å². The Hall–Kier alpha value is -4.21. The number of aromatic nitrogens is 5. The molecular weight excluding hydrogens is 524 g/mol. The van der Waals surface area contributed by atoms with E-state index in [9.17, 15) is 4.79 Å². The third-order valence-electron chi connectivity index (χ3n) is 6.76. The Kier molecular flexibility index (Phi) is 7.86. The number of fused-ring (bicyclic) bond motifs is 1. The standard InChI is InChI=1S/C30H33ClN8O/c1-20-16-27(32-19-22-8-6-9-24(17-22)38-13-7-12-33-38)39-29(34-20)28(21(2)35-39)23-10-11-26(31)25(18-23)30(40)37(5)15-14-36(3)4/h6-13,16-18,32H,14-15,19H2,1-5H3. The molecule has 0 aliphatic carbocycles. The maximum Gasteiger partial charge on any atom is 0.255 e. The van der Waals surface area contributed by atoms with Crippen LogP contribution in [0.15, 0.2) is 67.0 Å². The Labute approximate surface area is 239 Å². The zero-order valence-electron chi connectivity index (χ0n) is 23.4. The van der Waals surface area contributed by atoms with Gasteiger partial charge in [0.1, 0.15) is 5.82 Å². The van der Waals surface area contributed by atoms with Crippen LogP contribution in [0.4, 0.5) is 5.82 Å². The molecule has 9 nitrogen and oxygen atoms in total. The van der Waals surface area contributed by atoms with E-state index in [0.29, 0.717) is 29.3 Å². The molecule has 1 amide bonds. The fourth-order valence-electron chi connectivity index (χ4n) is 4.63. The summed E-state index contributed by atoms with van der Waals surface area (Å²) in [4.78, 5) is 21.8. The first-order chi connectivity index (χ1) is 19.2. The quantitative estimate of drug-likeness (QED) is 0.272. The lowest BCUT2D eigenvalue weighted by Gasteiger charge is -2.20. The van der Waals surface area contributed by atoms with Gasteiger partial charge in [0, 0.05) is 56.4 Å². The van der Waals surface area contributed by atoms with Gasteiger partial charge in [0.15, 0.2) is 5.65 Å². The number of halogens is 1. The predicted molar refractivity (Wildman–Crippen MR) is 159 cm³/mol. The lowest BCUT2D eigenvalue weighted by Crippen LogP contribution is -2.33. The summed E-state index contributed by atoms with van der Waals surface area (Å²) in [5, 5.41) is 13.1. The SMILES string of the molecule is Cc1cc(NCc2cccc(-n3cccn3)c2)n2nc(C)c(-c3ccc(Cl)c(C(=O)N(C)CCN(C)C)c3)c2n1. The van der Waals surface area contributed by atoms with E-state index in [2.05, 4.69) is 22.5 Å². The van der Waals surface area contributed by atoms with E-state index in [-0.39, 0.29) is 5.91 Å². The highest BCUT2D eigenvalue weighted by Gasteiger charge is 2.20. The van der Waals surface area contributed by atoms with Crippen molar-refractivity contribution >= 4 is 29.0 Å². The minimum Gasteiger partial charge on any atom is -0.366 e. The average Bonchev–Trinajstić information content (AvgIpc) is 3.59. The van der Waals surface area contributed by atoms with E-state index in [0.717, 1.165) is 46.1 Å². The number of likely N-dealkylation sites (N-methyl/N-ethyl adjacent to an activating group) is 2. The molecular formula is C30H33ClN8O. The van der Waals surface area contributed by atoms with E-state index >= 15 is 0 Å². The highest BCUT2D eigenvalue weighted by atomic mass is 35.5.